The summed E-state index contributed by atoms with van der Waals surface area (Å²) in [6, 6.07) is 3.42. The Kier molecular flexibility index (Phi) is 5.04. The molecule has 2 fully saturated rings. The van der Waals surface area contributed by atoms with Gasteiger partial charge in [-0.25, -0.2) is 9.97 Å². The monoisotopic (exact) mass is 289 g/mol. The molecule has 1 aliphatic heterocycles. The molecule has 1 saturated carbocycles. The summed E-state index contributed by atoms with van der Waals surface area (Å²) in [6.07, 6.45) is 9.02. The molecule has 2 heterocycles. The fourth-order valence-electron chi connectivity index (χ4n) is 3.68. The topological polar surface area (TPSA) is 44.3 Å². The number of aromatic nitrogens is 2. The second-order valence-corrected chi connectivity index (χ2v) is 6.13. The van der Waals surface area contributed by atoms with Crippen LogP contribution in [0.25, 0.3) is 0 Å². The molecule has 1 aliphatic carbocycles. The average Bonchev–Trinajstić information content (AvgIpc) is 2.57. The van der Waals surface area contributed by atoms with Crippen molar-refractivity contribution in [3.05, 3.63) is 18.5 Å². The summed E-state index contributed by atoms with van der Waals surface area (Å²) in [7, 11) is 0. The smallest absolute Gasteiger partial charge is 0.225 e. The van der Waals surface area contributed by atoms with E-state index in [1.54, 1.807) is 0 Å². The Morgan fingerprint density at radius 2 is 1.71 bits per heavy atom. The molecule has 0 radical (unpaired) electrons. The van der Waals surface area contributed by atoms with Gasteiger partial charge in [-0.1, -0.05) is 6.92 Å². The zero-order valence-corrected chi connectivity index (χ0v) is 13.0. The summed E-state index contributed by atoms with van der Waals surface area (Å²) in [4.78, 5) is 13.7. The quantitative estimate of drug-likeness (QED) is 0.910. The van der Waals surface area contributed by atoms with Gasteiger partial charge in [0.05, 0.1) is 0 Å². The number of piperazine rings is 1. The highest BCUT2D eigenvalue weighted by Crippen LogP contribution is 2.24. The lowest BCUT2D eigenvalue weighted by molar-refractivity contribution is 0.136. The molecule has 1 saturated heterocycles. The van der Waals surface area contributed by atoms with Gasteiger partial charge >= 0.3 is 0 Å². The van der Waals surface area contributed by atoms with E-state index in [9.17, 15) is 0 Å². The number of nitrogens with one attached hydrogen (secondary N) is 1. The van der Waals surface area contributed by atoms with Gasteiger partial charge in [-0.05, 0) is 38.3 Å². The van der Waals surface area contributed by atoms with Crippen molar-refractivity contribution in [2.75, 3.05) is 37.6 Å². The Balaban J connectivity index is 1.46. The molecular weight excluding hydrogens is 262 g/mol. The van der Waals surface area contributed by atoms with Gasteiger partial charge in [0.25, 0.3) is 0 Å². The Morgan fingerprint density at radius 3 is 2.33 bits per heavy atom. The summed E-state index contributed by atoms with van der Waals surface area (Å²) in [5, 5.41) is 3.59. The summed E-state index contributed by atoms with van der Waals surface area (Å²) in [6.45, 7) is 7.71. The van der Waals surface area contributed by atoms with E-state index in [0.717, 1.165) is 50.8 Å². The third-order valence-corrected chi connectivity index (χ3v) is 4.86. The minimum Gasteiger partial charge on any atom is -0.338 e. The predicted octanol–water partition coefficient (Wildman–Crippen LogP) is 1.52. The van der Waals surface area contributed by atoms with Gasteiger partial charge in [-0.15, -0.1) is 0 Å². The van der Waals surface area contributed by atoms with Crippen LogP contribution in [0.3, 0.4) is 0 Å². The maximum Gasteiger partial charge on any atom is 0.225 e. The van der Waals surface area contributed by atoms with Gasteiger partial charge in [0.2, 0.25) is 5.95 Å². The van der Waals surface area contributed by atoms with Crippen LogP contribution in [0.5, 0.6) is 0 Å². The van der Waals surface area contributed by atoms with Crippen LogP contribution in [-0.2, 0) is 0 Å². The molecule has 0 bridgehead atoms. The lowest BCUT2D eigenvalue weighted by Gasteiger charge is -2.42. The molecule has 0 amide bonds. The lowest BCUT2D eigenvalue weighted by atomic mass is 9.90. The van der Waals surface area contributed by atoms with Crippen LogP contribution < -0.4 is 10.2 Å². The van der Waals surface area contributed by atoms with Crippen molar-refractivity contribution >= 4 is 5.95 Å². The van der Waals surface area contributed by atoms with Crippen LogP contribution in [-0.4, -0.2) is 59.7 Å². The minimum atomic E-state index is 0.755. The second-order valence-electron chi connectivity index (χ2n) is 6.13. The zero-order chi connectivity index (χ0) is 14.5. The first-order chi connectivity index (χ1) is 10.4. The summed E-state index contributed by atoms with van der Waals surface area (Å²) < 4.78 is 0. The van der Waals surface area contributed by atoms with Gasteiger partial charge in [0.1, 0.15) is 0 Å². The molecule has 0 spiro atoms. The van der Waals surface area contributed by atoms with Crippen molar-refractivity contribution in [3.8, 4) is 0 Å². The van der Waals surface area contributed by atoms with Crippen molar-refractivity contribution in [2.24, 2.45) is 0 Å². The SMILES string of the molecule is CCNC1CCC(N2CCN(c3ncccn3)CC2)CC1. The first-order valence-corrected chi connectivity index (χ1v) is 8.36. The van der Waals surface area contributed by atoms with Gasteiger partial charge < -0.3 is 10.2 Å². The molecule has 0 aromatic carbocycles. The van der Waals surface area contributed by atoms with Gasteiger partial charge in [0.15, 0.2) is 0 Å². The fourth-order valence-corrected chi connectivity index (χ4v) is 3.68. The molecule has 5 heteroatoms. The third-order valence-electron chi connectivity index (χ3n) is 4.86. The number of rotatable bonds is 4. The van der Waals surface area contributed by atoms with Crippen molar-refractivity contribution < 1.29 is 0 Å². The number of hydrogen-bond acceptors (Lipinski definition) is 5. The highest BCUT2D eigenvalue weighted by Gasteiger charge is 2.28. The molecular formula is C16H27N5. The largest absolute Gasteiger partial charge is 0.338 e. The Labute approximate surface area is 127 Å². The highest BCUT2D eigenvalue weighted by molar-refractivity contribution is 5.29. The van der Waals surface area contributed by atoms with E-state index in [1.165, 1.54) is 25.7 Å². The van der Waals surface area contributed by atoms with Crippen LogP contribution in [0.2, 0.25) is 0 Å². The van der Waals surface area contributed by atoms with E-state index in [1.807, 2.05) is 18.5 Å². The normalized spacial score (nSPS) is 27.8. The summed E-state index contributed by atoms with van der Waals surface area (Å²) >= 11 is 0. The molecule has 5 nitrogen and oxygen atoms in total. The number of anilines is 1. The van der Waals surface area contributed by atoms with E-state index in [2.05, 4.69) is 32.0 Å². The first-order valence-electron chi connectivity index (χ1n) is 8.36. The van der Waals surface area contributed by atoms with Crippen molar-refractivity contribution in [1.29, 1.82) is 0 Å². The molecule has 1 N–H and O–H groups in total. The Morgan fingerprint density at radius 1 is 1.05 bits per heavy atom. The molecule has 21 heavy (non-hydrogen) atoms. The maximum atomic E-state index is 4.36. The molecule has 0 unspecified atom stereocenters. The molecule has 1 aromatic heterocycles. The van der Waals surface area contributed by atoms with Gasteiger partial charge in [-0.3, -0.25) is 4.90 Å². The van der Waals surface area contributed by atoms with E-state index < -0.39 is 0 Å². The molecule has 116 valence electrons. The van der Waals surface area contributed by atoms with Crippen LogP contribution in [0.4, 0.5) is 5.95 Å². The van der Waals surface area contributed by atoms with E-state index in [0.29, 0.717) is 0 Å². The maximum absolute atomic E-state index is 4.36. The highest BCUT2D eigenvalue weighted by atomic mass is 15.3. The second kappa shape index (κ2) is 7.18. The van der Waals surface area contributed by atoms with Crippen molar-refractivity contribution in [2.45, 2.75) is 44.7 Å². The molecule has 0 atom stereocenters. The number of hydrogen-bond donors (Lipinski definition) is 1. The summed E-state index contributed by atoms with van der Waals surface area (Å²) in [5.74, 6) is 0.882. The fraction of sp³-hybridized carbons (Fsp3) is 0.750. The molecule has 2 aliphatic rings. The van der Waals surface area contributed by atoms with Crippen molar-refractivity contribution in [1.82, 2.24) is 20.2 Å². The Bertz CT molecular complexity index is 408. The summed E-state index contributed by atoms with van der Waals surface area (Å²) in [5.41, 5.74) is 0. The first kappa shape index (κ1) is 14.7. The van der Waals surface area contributed by atoms with Gasteiger partial charge in [-0.2, -0.15) is 0 Å². The van der Waals surface area contributed by atoms with Crippen LogP contribution in [0.1, 0.15) is 32.6 Å². The lowest BCUT2D eigenvalue weighted by Crippen LogP contribution is -2.52. The Hall–Kier alpha value is -1.20. The van der Waals surface area contributed by atoms with Crippen molar-refractivity contribution in [3.63, 3.8) is 0 Å². The van der Waals surface area contributed by atoms with Crippen LogP contribution in [0, 0.1) is 0 Å². The molecule has 1 aromatic rings. The molecule has 3 rings (SSSR count). The minimum absolute atomic E-state index is 0.755. The third kappa shape index (κ3) is 3.71. The van der Waals surface area contributed by atoms with E-state index in [4.69, 9.17) is 0 Å². The van der Waals surface area contributed by atoms with Gasteiger partial charge in [0, 0.05) is 50.7 Å². The average molecular weight is 289 g/mol. The number of nitrogens with zero attached hydrogens (tertiary/aromatic N) is 4. The van der Waals surface area contributed by atoms with Crippen LogP contribution >= 0.6 is 0 Å². The predicted molar refractivity (Wildman–Crippen MR) is 85.5 cm³/mol. The van der Waals surface area contributed by atoms with E-state index >= 15 is 0 Å². The van der Waals surface area contributed by atoms with Crippen LogP contribution in [0.15, 0.2) is 18.5 Å². The zero-order valence-electron chi connectivity index (χ0n) is 13.0. The standard InChI is InChI=1S/C16H27N5/c1-2-17-14-4-6-15(7-5-14)20-10-12-21(13-11-20)16-18-8-3-9-19-16/h3,8-9,14-15,17H,2,4-7,10-13H2,1H3. The van der Waals surface area contributed by atoms with E-state index in [-0.39, 0.29) is 0 Å².